The number of carbonyl (C=O) groups excluding carboxylic acids is 2. The number of para-hydroxylation sites is 1. The van der Waals surface area contributed by atoms with Gasteiger partial charge in [-0.05, 0) is 43.3 Å². The molecule has 0 aliphatic heterocycles. The van der Waals surface area contributed by atoms with Gasteiger partial charge in [0.25, 0.3) is 15.9 Å². The Morgan fingerprint density at radius 1 is 0.862 bits per heavy atom. The van der Waals surface area contributed by atoms with Gasteiger partial charge in [0.15, 0.2) is 5.78 Å². The summed E-state index contributed by atoms with van der Waals surface area (Å²) in [6, 6.07) is 21.0. The average molecular weight is 408 g/mol. The molecule has 0 aromatic heterocycles. The second-order valence-corrected chi connectivity index (χ2v) is 8.36. The molecule has 0 spiro atoms. The molecule has 3 rings (SSSR count). The Hall–Kier alpha value is -3.45. The quantitative estimate of drug-likeness (QED) is 0.626. The van der Waals surface area contributed by atoms with Crippen molar-refractivity contribution in [2.24, 2.45) is 0 Å². The van der Waals surface area contributed by atoms with Gasteiger partial charge in [0.2, 0.25) is 0 Å². The van der Waals surface area contributed by atoms with E-state index < -0.39 is 15.9 Å². The average Bonchev–Trinajstić information content (AvgIpc) is 2.74. The smallest absolute Gasteiger partial charge is 0.264 e. The lowest BCUT2D eigenvalue weighted by Gasteiger charge is -2.22. The van der Waals surface area contributed by atoms with Crippen molar-refractivity contribution in [2.75, 3.05) is 16.7 Å². The van der Waals surface area contributed by atoms with E-state index in [-0.39, 0.29) is 21.9 Å². The van der Waals surface area contributed by atoms with Crippen LogP contribution in [-0.2, 0) is 10.0 Å². The molecule has 1 amide bonds. The maximum absolute atomic E-state index is 12.9. The molecule has 3 aromatic carbocycles. The number of amides is 1. The number of Topliss-reactive ketones (excluding diaryl/α,β-unsaturated/α-hetero) is 1. The molecule has 0 unspecified atom stereocenters. The van der Waals surface area contributed by atoms with E-state index >= 15 is 0 Å². The minimum atomic E-state index is -3.83. The highest BCUT2D eigenvalue weighted by Gasteiger charge is 2.24. The van der Waals surface area contributed by atoms with E-state index in [0.717, 1.165) is 4.31 Å². The molecular formula is C22H20N2O4S. The van der Waals surface area contributed by atoms with Crippen molar-refractivity contribution in [3.8, 4) is 0 Å². The highest BCUT2D eigenvalue weighted by molar-refractivity contribution is 7.92. The highest BCUT2D eigenvalue weighted by atomic mass is 32.2. The number of benzene rings is 3. The lowest BCUT2D eigenvalue weighted by atomic mass is 10.1. The SMILES string of the molecule is CC(=O)c1cccc(NC(=O)c2ccccc2N(C)S(=O)(=O)c2ccccc2)c1. The molecule has 3 aromatic rings. The Balaban J connectivity index is 1.94. The Morgan fingerprint density at radius 3 is 2.21 bits per heavy atom. The minimum Gasteiger partial charge on any atom is -0.322 e. The highest BCUT2D eigenvalue weighted by Crippen LogP contribution is 2.26. The van der Waals surface area contributed by atoms with Gasteiger partial charge in [0.1, 0.15) is 0 Å². The Bertz CT molecular complexity index is 1160. The van der Waals surface area contributed by atoms with E-state index in [0.29, 0.717) is 11.3 Å². The maximum atomic E-state index is 12.9. The number of ketones is 1. The van der Waals surface area contributed by atoms with Crippen molar-refractivity contribution in [3.05, 3.63) is 90.0 Å². The molecule has 0 saturated carbocycles. The first-order chi connectivity index (χ1) is 13.8. The van der Waals surface area contributed by atoms with Crippen LogP contribution >= 0.6 is 0 Å². The monoisotopic (exact) mass is 408 g/mol. The predicted octanol–water partition coefficient (Wildman–Crippen LogP) is 3.97. The fourth-order valence-corrected chi connectivity index (χ4v) is 4.07. The molecule has 0 bridgehead atoms. The zero-order valence-corrected chi connectivity index (χ0v) is 16.8. The molecule has 29 heavy (non-hydrogen) atoms. The summed E-state index contributed by atoms with van der Waals surface area (Å²) in [7, 11) is -2.42. The van der Waals surface area contributed by atoms with Crippen molar-refractivity contribution in [1.29, 1.82) is 0 Å². The number of carbonyl (C=O) groups is 2. The summed E-state index contributed by atoms with van der Waals surface area (Å²) in [5.41, 5.74) is 1.37. The lowest BCUT2D eigenvalue weighted by molar-refractivity contribution is 0.101. The van der Waals surface area contributed by atoms with Crippen molar-refractivity contribution >= 4 is 33.1 Å². The van der Waals surface area contributed by atoms with Crippen LogP contribution in [0, 0.1) is 0 Å². The van der Waals surface area contributed by atoms with Crippen LogP contribution in [-0.4, -0.2) is 27.2 Å². The zero-order chi connectivity index (χ0) is 21.0. The Morgan fingerprint density at radius 2 is 1.52 bits per heavy atom. The molecule has 0 aliphatic rings. The van der Waals surface area contributed by atoms with Crippen LogP contribution < -0.4 is 9.62 Å². The van der Waals surface area contributed by atoms with Gasteiger partial charge in [-0.3, -0.25) is 13.9 Å². The van der Waals surface area contributed by atoms with Crippen LogP contribution in [0.2, 0.25) is 0 Å². The van der Waals surface area contributed by atoms with Crippen molar-refractivity contribution in [1.82, 2.24) is 0 Å². The van der Waals surface area contributed by atoms with Gasteiger partial charge in [0, 0.05) is 18.3 Å². The summed E-state index contributed by atoms with van der Waals surface area (Å²) in [4.78, 5) is 24.6. The molecule has 7 heteroatoms. The number of sulfonamides is 1. The molecule has 6 nitrogen and oxygen atoms in total. The first kappa shape index (κ1) is 20.3. The Kier molecular flexibility index (Phi) is 5.79. The van der Waals surface area contributed by atoms with Gasteiger partial charge in [-0.25, -0.2) is 8.42 Å². The van der Waals surface area contributed by atoms with Crippen LogP contribution in [0.4, 0.5) is 11.4 Å². The number of anilines is 2. The van der Waals surface area contributed by atoms with Gasteiger partial charge < -0.3 is 5.32 Å². The molecule has 0 fully saturated rings. The van der Waals surface area contributed by atoms with Crippen LogP contribution in [0.3, 0.4) is 0 Å². The van der Waals surface area contributed by atoms with Crippen molar-refractivity contribution in [3.63, 3.8) is 0 Å². The van der Waals surface area contributed by atoms with E-state index in [1.54, 1.807) is 66.7 Å². The number of nitrogens with zero attached hydrogens (tertiary/aromatic N) is 1. The second kappa shape index (κ2) is 8.28. The zero-order valence-electron chi connectivity index (χ0n) is 16.0. The van der Waals surface area contributed by atoms with Crippen LogP contribution in [0.1, 0.15) is 27.6 Å². The second-order valence-electron chi connectivity index (χ2n) is 6.39. The summed E-state index contributed by atoms with van der Waals surface area (Å²) in [5, 5.41) is 2.73. The van der Waals surface area contributed by atoms with Gasteiger partial charge in [-0.1, -0.05) is 42.5 Å². The van der Waals surface area contributed by atoms with Crippen molar-refractivity contribution in [2.45, 2.75) is 11.8 Å². The normalized spacial score (nSPS) is 11.0. The van der Waals surface area contributed by atoms with Crippen LogP contribution in [0.5, 0.6) is 0 Å². The Labute approximate surface area is 169 Å². The van der Waals surface area contributed by atoms with Crippen LogP contribution in [0.15, 0.2) is 83.8 Å². The number of hydrogen-bond acceptors (Lipinski definition) is 4. The molecule has 0 saturated heterocycles. The van der Waals surface area contributed by atoms with E-state index in [2.05, 4.69) is 5.32 Å². The molecule has 0 heterocycles. The summed E-state index contributed by atoms with van der Waals surface area (Å²) < 4.78 is 27.0. The van der Waals surface area contributed by atoms with Gasteiger partial charge in [-0.2, -0.15) is 0 Å². The molecule has 148 valence electrons. The lowest BCUT2D eigenvalue weighted by Crippen LogP contribution is -2.29. The predicted molar refractivity (Wildman–Crippen MR) is 113 cm³/mol. The van der Waals surface area contributed by atoms with Gasteiger partial charge in [0.05, 0.1) is 16.1 Å². The molecule has 1 N–H and O–H groups in total. The molecular weight excluding hydrogens is 388 g/mol. The first-order valence-corrected chi connectivity index (χ1v) is 10.3. The standard InChI is InChI=1S/C22H20N2O4S/c1-16(25)17-9-8-10-18(15-17)23-22(26)20-13-6-7-14-21(20)24(2)29(27,28)19-11-4-3-5-12-19/h3-15H,1-2H3,(H,23,26). The molecule has 0 atom stereocenters. The fraction of sp³-hybridized carbons (Fsp3) is 0.0909. The summed E-state index contributed by atoms with van der Waals surface area (Å²) in [6.45, 7) is 1.44. The summed E-state index contributed by atoms with van der Waals surface area (Å²) >= 11 is 0. The topological polar surface area (TPSA) is 83.6 Å². The number of nitrogens with one attached hydrogen (secondary N) is 1. The summed E-state index contributed by atoms with van der Waals surface area (Å²) in [5.74, 6) is -0.591. The largest absolute Gasteiger partial charge is 0.322 e. The fourth-order valence-electron chi connectivity index (χ4n) is 2.83. The van der Waals surface area contributed by atoms with Gasteiger partial charge in [-0.15, -0.1) is 0 Å². The third-order valence-corrected chi connectivity index (χ3v) is 6.20. The third-order valence-electron chi connectivity index (χ3n) is 4.42. The van der Waals surface area contributed by atoms with E-state index in [4.69, 9.17) is 0 Å². The van der Waals surface area contributed by atoms with E-state index in [1.807, 2.05) is 0 Å². The van der Waals surface area contributed by atoms with E-state index in [1.165, 1.54) is 26.1 Å². The number of hydrogen-bond donors (Lipinski definition) is 1. The number of rotatable bonds is 6. The minimum absolute atomic E-state index is 0.116. The van der Waals surface area contributed by atoms with Gasteiger partial charge >= 0.3 is 0 Å². The molecule has 0 radical (unpaired) electrons. The first-order valence-electron chi connectivity index (χ1n) is 8.86. The summed E-state index contributed by atoms with van der Waals surface area (Å²) in [6.07, 6.45) is 0. The maximum Gasteiger partial charge on any atom is 0.264 e. The van der Waals surface area contributed by atoms with E-state index in [9.17, 15) is 18.0 Å². The molecule has 0 aliphatic carbocycles. The van der Waals surface area contributed by atoms with Crippen molar-refractivity contribution < 1.29 is 18.0 Å². The third kappa shape index (κ3) is 4.35. The van der Waals surface area contributed by atoms with Crippen LogP contribution in [0.25, 0.3) is 0 Å².